The van der Waals surface area contributed by atoms with E-state index in [-0.39, 0.29) is 6.04 Å². The van der Waals surface area contributed by atoms with Gasteiger partial charge in [0.2, 0.25) is 0 Å². The lowest BCUT2D eigenvalue weighted by Gasteiger charge is -2.09. The van der Waals surface area contributed by atoms with E-state index in [4.69, 9.17) is 10.5 Å². The number of fused-ring (bicyclic) bond motifs is 1. The average Bonchev–Trinajstić information content (AvgIpc) is 2.51. The Kier molecular flexibility index (Phi) is 2.33. The Morgan fingerprint density at radius 3 is 3.07 bits per heavy atom. The molecule has 0 bridgehead atoms. The van der Waals surface area contributed by atoms with Crippen molar-refractivity contribution >= 4 is 0 Å². The summed E-state index contributed by atoms with van der Waals surface area (Å²) in [6.07, 6.45) is 1.57. The highest BCUT2D eigenvalue weighted by molar-refractivity contribution is 5.47. The normalized spacial score (nSPS) is 16.1. The van der Waals surface area contributed by atoms with Crippen LogP contribution < -0.4 is 10.5 Å². The van der Waals surface area contributed by atoms with Crippen molar-refractivity contribution in [3.05, 3.63) is 23.3 Å². The summed E-state index contributed by atoms with van der Waals surface area (Å²) in [6.45, 7) is 2.64. The fourth-order valence-electron chi connectivity index (χ4n) is 1.76. The predicted molar refractivity (Wildman–Crippen MR) is 54.7 cm³/mol. The summed E-state index contributed by atoms with van der Waals surface area (Å²) in [4.78, 5) is 0. The molecule has 1 aromatic carbocycles. The van der Waals surface area contributed by atoms with E-state index in [2.05, 4.69) is 0 Å². The molecule has 76 valence electrons. The van der Waals surface area contributed by atoms with E-state index in [0.29, 0.717) is 12.2 Å². The molecule has 1 aromatic rings. The van der Waals surface area contributed by atoms with E-state index in [0.717, 1.165) is 29.9 Å². The third-order valence-electron chi connectivity index (χ3n) is 2.43. The molecule has 1 atom stereocenters. The summed E-state index contributed by atoms with van der Waals surface area (Å²) in [5, 5.41) is 9.71. The van der Waals surface area contributed by atoms with Crippen LogP contribution in [0.25, 0.3) is 0 Å². The number of hydrogen-bond acceptors (Lipinski definition) is 3. The van der Waals surface area contributed by atoms with Crippen LogP contribution in [0.15, 0.2) is 12.1 Å². The molecule has 0 aliphatic carbocycles. The van der Waals surface area contributed by atoms with Gasteiger partial charge in [0.25, 0.3) is 0 Å². The third kappa shape index (κ3) is 1.68. The predicted octanol–water partition coefficient (Wildman–Crippen LogP) is 1.22. The molecule has 0 radical (unpaired) electrons. The van der Waals surface area contributed by atoms with Crippen LogP contribution in [-0.4, -0.2) is 17.8 Å². The van der Waals surface area contributed by atoms with Gasteiger partial charge < -0.3 is 15.6 Å². The van der Waals surface area contributed by atoms with Gasteiger partial charge in [0, 0.05) is 18.0 Å². The lowest BCUT2D eigenvalue weighted by Crippen LogP contribution is -2.17. The molecule has 2 rings (SSSR count). The van der Waals surface area contributed by atoms with E-state index in [1.165, 1.54) is 0 Å². The molecule has 0 aromatic heterocycles. The van der Waals surface area contributed by atoms with Gasteiger partial charge in [-0.15, -0.1) is 0 Å². The van der Waals surface area contributed by atoms with Gasteiger partial charge in [-0.2, -0.15) is 0 Å². The maximum absolute atomic E-state index is 9.71. The third-order valence-corrected chi connectivity index (χ3v) is 2.43. The Bertz CT molecular complexity index is 347. The number of benzene rings is 1. The van der Waals surface area contributed by atoms with Crippen molar-refractivity contribution in [1.82, 2.24) is 0 Å². The summed E-state index contributed by atoms with van der Waals surface area (Å²) in [6, 6.07) is 3.75. The molecule has 1 aliphatic heterocycles. The summed E-state index contributed by atoms with van der Waals surface area (Å²) in [7, 11) is 0. The molecule has 0 fully saturated rings. The minimum absolute atomic E-state index is 0.0559. The number of aromatic hydroxyl groups is 1. The van der Waals surface area contributed by atoms with Crippen LogP contribution in [0.4, 0.5) is 0 Å². The first kappa shape index (κ1) is 9.34. The standard InChI is InChI=1S/C11H15NO2/c1-7(12)4-9-6-11-8(2-3-14-11)5-10(9)13/h5-7,13H,2-4,12H2,1H3. The summed E-state index contributed by atoms with van der Waals surface area (Å²) < 4.78 is 5.42. The van der Waals surface area contributed by atoms with Gasteiger partial charge in [0.15, 0.2) is 0 Å². The lowest BCUT2D eigenvalue weighted by molar-refractivity contribution is 0.356. The molecule has 1 aliphatic rings. The van der Waals surface area contributed by atoms with Crippen LogP contribution in [0.5, 0.6) is 11.5 Å². The van der Waals surface area contributed by atoms with Crippen molar-refractivity contribution in [2.45, 2.75) is 25.8 Å². The van der Waals surface area contributed by atoms with Crippen molar-refractivity contribution in [3.63, 3.8) is 0 Å². The summed E-state index contributed by atoms with van der Waals surface area (Å²) in [5.41, 5.74) is 7.66. The van der Waals surface area contributed by atoms with Crippen molar-refractivity contribution in [3.8, 4) is 11.5 Å². The molecular formula is C11H15NO2. The van der Waals surface area contributed by atoms with E-state index < -0.39 is 0 Å². The van der Waals surface area contributed by atoms with E-state index in [9.17, 15) is 5.11 Å². The second-order valence-electron chi connectivity index (χ2n) is 3.87. The van der Waals surface area contributed by atoms with Crippen molar-refractivity contribution in [2.24, 2.45) is 5.73 Å². The van der Waals surface area contributed by atoms with Gasteiger partial charge in [0.05, 0.1) is 6.61 Å². The SMILES string of the molecule is CC(N)Cc1cc2c(cc1O)CCO2. The van der Waals surface area contributed by atoms with Gasteiger partial charge in [-0.1, -0.05) is 0 Å². The number of phenolic OH excluding ortho intramolecular Hbond substituents is 1. The monoisotopic (exact) mass is 193 g/mol. The fraction of sp³-hybridized carbons (Fsp3) is 0.455. The first-order valence-electron chi connectivity index (χ1n) is 4.90. The maximum atomic E-state index is 9.71. The zero-order chi connectivity index (χ0) is 10.1. The maximum Gasteiger partial charge on any atom is 0.123 e. The Morgan fingerprint density at radius 2 is 2.36 bits per heavy atom. The number of nitrogens with two attached hydrogens (primary N) is 1. The molecule has 3 N–H and O–H groups in total. The second kappa shape index (κ2) is 3.50. The minimum atomic E-state index is 0.0559. The summed E-state index contributed by atoms with van der Waals surface area (Å²) in [5.74, 6) is 1.24. The molecule has 0 saturated carbocycles. The second-order valence-corrected chi connectivity index (χ2v) is 3.87. The van der Waals surface area contributed by atoms with E-state index in [1.54, 1.807) is 6.07 Å². The van der Waals surface area contributed by atoms with Crippen LogP contribution in [0.2, 0.25) is 0 Å². The Balaban J connectivity index is 2.32. The molecular weight excluding hydrogens is 178 g/mol. The van der Waals surface area contributed by atoms with Gasteiger partial charge in [-0.3, -0.25) is 0 Å². The highest BCUT2D eigenvalue weighted by Gasteiger charge is 2.15. The number of phenols is 1. The zero-order valence-electron chi connectivity index (χ0n) is 8.29. The molecule has 3 heteroatoms. The molecule has 3 nitrogen and oxygen atoms in total. The van der Waals surface area contributed by atoms with Crippen LogP contribution in [0.3, 0.4) is 0 Å². The number of rotatable bonds is 2. The number of ether oxygens (including phenoxy) is 1. The molecule has 1 heterocycles. The largest absolute Gasteiger partial charge is 0.508 e. The van der Waals surface area contributed by atoms with E-state index >= 15 is 0 Å². The Labute approximate surface area is 83.5 Å². The van der Waals surface area contributed by atoms with Gasteiger partial charge in [-0.05, 0) is 31.0 Å². The van der Waals surface area contributed by atoms with E-state index in [1.807, 2.05) is 13.0 Å². The molecule has 1 unspecified atom stereocenters. The van der Waals surface area contributed by atoms with Gasteiger partial charge in [-0.25, -0.2) is 0 Å². The van der Waals surface area contributed by atoms with Crippen LogP contribution >= 0.6 is 0 Å². The fourth-order valence-corrected chi connectivity index (χ4v) is 1.76. The smallest absolute Gasteiger partial charge is 0.123 e. The summed E-state index contributed by atoms with van der Waals surface area (Å²) >= 11 is 0. The average molecular weight is 193 g/mol. The minimum Gasteiger partial charge on any atom is -0.508 e. The molecule has 14 heavy (non-hydrogen) atoms. The highest BCUT2D eigenvalue weighted by atomic mass is 16.5. The van der Waals surface area contributed by atoms with Crippen LogP contribution in [-0.2, 0) is 12.8 Å². The molecule has 0 saturated heterocycles. The molecule has 0 amide bonds. The van der Waals surface area contributed by atoms with Crippen molar-refractivity contribution in [2.75, 3.05) is 6.61 Å². The Morgan fingerprint density at radius 1 is 1.57 bits per heavy atom. The van der Waals surface area contributed by atoms with Gasteiger partial charge in [0.1, 0.15) is 11.5 Å². The van der Waals surface area contributed by atoms with Crippen LogP contribution in [0, 0.1) is 0 Å². The quantitative estimate of drug-likeness (QED) is 0.742. The highest BCUT2D eigenvalue weighted by Crippen LogP contribution is 2.32. The Hall–Kier alpha value is -1.22. The zero-order valence-corrected chi connectivity index (χ0v) is 8.29. The first-order chi connectivity index (χ1) is 6.66. The van der Waals surface area contributed by atoms with Crippen molar-refractivity contribution < 1.29 is 9.84 Å². The van der Waals surface area contributed by atoms with Gasteiger partial charge >= 0.3 is 0 Å². The first-order valence-corrected chi connectivity index (χ1v) is 4.90. The molecule has 0 spiro atoms. The topological polar surface area (TPSA) is 55.5 Å². The lowest BCUT2D eigenvalue weighted by atomic mass is 10.0. The van der Waals surface area contributed by atoms with Crippen LogP contribution in [0.1, 0.15) is 18.1 Å². The van der Waals surface area contributed by atoms with Crippen molar-refractivity contribution in [1.29, 1.82) is 0 Å². The number of hydrogen-bond donors (Lipinski definition) is 2.